The Morgan fingerprint density at radius 2 is 0.571 bits per heavy atom. The fraction of sp³-hybridized carbons (Fsp3) is 1.00. The molecule has 296 valence electrons. The zero-order valence-electron chi connectivity index (χ0n) is 36.6. The summed E-state index contributed by atoms with van der Waals surface area (Å²) in [5, 5.41) is 0. The lowest BCUT2D eigenvalue weighted by atomic mass is 10.9. The van der Waals surface area contributed by atoms with Gasteiger partial charge in [-0.05, 0) is 170 Å². The van der Waals surface area contributed by atoms with Crippen molar-refractivity contribution in [1.82, 2.24) is 0 Å². The summed E-state index contributed by atoms with van der Waals surface area (Å²) in [7, 11) is -29.2. The third-order valence-electron chi connectivity index (χ3n) is 5.69. The largest absolute Gasteiger partial charge is 0.474 e. The summed E-state index contributed by atoms with van der Waals surface area (Å²) in [5.41, 5.74) is 0. The molecule has 0 amide bonds. The van der Waals surface area contributed by atoms with Crippen LogP contribution in [0.25, 0.3) is 0 Å². The van der Waals surface area contributed by atoms with Crippen molar-refractivity contribution in [2.24, 2.45) is 0 Å². The van der Waals surface area contributed by atoms with Crippen molar-refractivity contribution in [3.63, 3.8) is 0 Å². The number of hydrogen-bond acceptors (Lipinski definition) is 10. The molecule has 0 aliphatic heterocycles. The standard InChI is InChI=1S/C27H80O10Si12/c1-38(28-39(2,3)4)29-48(25,34-44(17,18)30-40(5,6)7)26-27-49(35-45(19,20)31-41(8,9)10,36-46(21,22)32-42(11,12)13)37-47(23,24)33-43(14,15)16/h38H,26-27H2,1-25H3. The molecular weight excluding hydrogens is 821 g/mol. The molecule has 2 unspecified atom stereocenters. The molecule has 0 spiro atoms. The van der Waals surface area contributed by atoms with E-state index in [1.54, 1.807) is 0 Å². The molecule has 0 aliphatic carbocycles. The van der Waals surface area contributed by atoms with Gasteiger partial charge in [-0.3, -0.25) is 0 Å². The van der Waals surface area contributed by atoms with Gasteiger partial charge in [-0.25, -0.2) is 0 Å². The van der Waals surface area contributed by atoms with Crippen LogP contribution in [0.2, 0.25) is 176 Å². The topological polar surface area (TPSA) is 92.3 Å². The Morgan fingerprint density at radius 3 is 0.816 bits per heavy atom. The summed E-state index contributed by atoms with van der Waals surface area (Å²) in [4.78, 5) is 0. The van der Waals surface area contributed by atoms with Crippen LogP contribution in [0.1, 0.15) is 0 Å². The Labute approximate surface area is 317 Å². The summed E-state index contributed by atoms with van der Waals surface area (Å²) in [6, 6.07) is 1.10. The molecule has 0 bridgehead atoms. The normalized spacial score (nSPS) is 17.3. The Bertz CT molecular complexity index is 958. The fourth-order valence-electron chi connectivity index (χ4n) is 6.28. The average Bonchev–Trinajstić information content (AvgIpc) is 2.60. The maximum absolute atomic E-state index is 7.37. The minimum Gasteiger partial charge on any atom is -0.439 e. The molecule has 10 nitrogen and oxygen atoms in total. The van der Waals surface area contributed by atoms with E-state index in [-0.39, 0.29) is 0 Å². The van der Waals surface area contributed by atoms with Gasteiger partial charge in [0.15, 0.2) is 41.6 Å². The van der Waals surface area contributed by atoms with Crippen LogP contribution in [-0.2, 0) is 41.2 Å². The van der Waals surface area contributed by atoms with Crippen LogP contribution >= 0.6 is 0 Å². The van der Waals surface area contributed by atoms with Crippen LogP contribution in [0.4, 0.5) is 0 Å². The van der Waals surface area contributed by atoms with E-state index in [9.17, 15) is 0 Å². The molecule has 49 heavy (non-hydrogen) atoms. The minimum absolute atomic E-state index is 0.504. The maximum Gasteiger partial charge on any atom is 0.474 e. The summed E-state index contributed by atoms with van der Waals surface area (Å²) in [6.07, 6.45) is 0. The molecule has 0 saturated carbocycles. The smallest absolute Gasteiger partial charge is 0.439 e. The second-order valence-corrected chi connectivity index (χ2v) is 66.6. The lowest BCUT2D eigenvalue weighted by Crippen LogP contribution is -2.66. The molecule has 0 heterocycles. The molecule has 0 aromatic rings. The van der Waals surface area contributed by atoms with Crippen LogP contribution in [0.5, 0.6) is 0 Å². The van der Waals surface area contributed by atoms with E-state index in [0.717, 1.165) is 0 Å². The maximum atomic E-state index is 7.37. The highest BCUT2D eigenvalue weighted by molar-refractivity contribution is 6.94. The summed E-state index contributed by atoms with van der Waals surface area (Å²) in [6.45, 7) is 54.5. The predicted octanol–water partition coefficient (Wildman–Crippen LogP) is 10.00. The monoisotopic (exact) mass is 900 g/mol. The minimum atomic E-state index is -3.61. The lowest BCUT2D eigenvalue weighted by Gasteiger charge is -2.47. The second kappa shape index (κ2) is 17.6. The highest BCUT2D eigenvalue weighted by Gasteiger charge is 2.58. The molecule has 0 aromatic carbocycles. The van der Waals surface area contributed by atoms with Gasteiger partial charge < -0.3 is 41.2 Å². The Hall–Kier alpha value is 2.20. The number of rotatable bonds is 23. The van der Waals surface area contributed by atoms with Gasteiger partial charge in [-0.2, -0.15) is 0 Å². The molecular formula is C27H80O10Si12. The van der Waals surface area contributed by atoms with Gasteiger partial charge in [-0.15, -0.1) is 0 Å². The van der Waals surface area contributed by atoms with Crippen molar-refractivity contribution in [3.05, 3.63) is 0 Å². The molecule has 0 fully saturated rings. The zero-order valence-corrected chi connectivity index (χ0v) is 48.7. The SMILES string of the molecule is C[SiH](O[Si](C)(C)C)O[Si](C)(CC[Si](O[Si](C)(C)O[Si](C)(C)C)(O[Si](C)(C)O[Si](C)(C)C)O[Si](C)(C)O[Si](C)(C)C)O[Si](C)(C)O[Si](C)(C)C. The first-order valence-electron chi connectivity index (χ1n) is 17.9. The van der Waals surface area contributed by atoms with E-state index < -0.39 is 102 Å². The lowest BCUT2D eigenvalue weighted by molar-refractivity contribution is 0.191. The Kier molecular flexibility index (Phi) is 18.3. The van der Waals surface area contributed by atoms with E-state index in [1.165, 1.54) is 0 Å². The highest BCUT2D eigenvalue weighted by atomic mass is 28.5. The molecule has 0 N–H and O–H groups in total. The number of hydrogen-bond donors (Lipinski definition) is 0. The molecule has 2 atom stereocenters. The Morgan fingerprint density at radius 1 is 0.306 bits per heavy atom. The van der Waals surface area contributed by atoms with Gasteiger partial charge in [-0.1, -0.05) is 0 Å². The van der Waals surface area contributed by atoms with Gasteiger partial charge >= 0.3 is 51.6 Å². The van der Waals surface area contributed by atoms with E-state index in [2.05, 4.69) is 164 Å². The van der Waals surface area contributed by atoms with Crippen LogP contribution in [0.3, 0.4) is 0 Å². The first-order valence-corrected chi connectivity index (χ1v) is 52.8. The Balaban J connectivity index is 7.43. The average molecular weight is 902 g/mol. The van der Waals surface area contributed by atoms with Crippen molar-refractivity contribution in [2.45, 2.75) is 176 Å². The molecule has 0 aliphatic rings. The summed E-state index contributed by atoms with van der Waals surface area (Å²) < 4.78 is 70.1. The van der Waals surface area contributed by atoms with E-state index in [4.69, 9.17) is 41.2 Å². The van der Waals surface area contributed by atoms with Crippen LogP contribution < -0.4 is 0 Å². The molecule has 22 heteroatoms. The molecule has 0 saturated heterocycles. The van der Waals surface area contributed by atoms with Crippen molar-refractivity contribution in [2.75, 3.05) is 0 Å². The fourth-order valence-corrected chi connectivity index (χ4v) is 60.0. The van der Waals surface area contributed by atoms with E-state index >= 15 is 0 Å². The van der Waals surface area contributed by atoms with Crippen molar-refractivity contribution >= 4 is 102 Å². The van der Waals surface area contributed by atoms with Gasteiger partial charge in [0, 0.05) is 6.04 Å². The molecule has 0 aromatic heterocycles. The highest BCUT2D eigenvalue weighted by Crippen LogP contribution is 2.37. The predicted molar refractivity (Wildman–Crippen MR) is 238 cm³/mol. The van der Waals surface area contributed by atoms with Crippen LogP contribution in [-0.4, -0.2) is 102 Å². The van der Waals surface area contributed by atoms with Gasteiger partial charge in [0.05, 0.1) is 0 Å². The first kappa shape index (κ1) is 51.2. The first-order chi connectivity index (χ1) is 21.0. The van der Waals surface area contributed by atoms with Crippen molar-refractivity contribution < 1.29 is 41.2 Å². The van der Waals surface area contributed by atoms with E-state index in [1.807, 2.05) is 0 Å². The van der Waals surface area contributed by atoms with E-state index in [0.29, 0.717) is 12.1 Å². The molecule has 0 rings (SSSR count). The van der Waals surface area contributed by atoms with Crippen LogP contribution in [0, 0.1) is 0 Å². The summed E-state index contributed by atoms with van der Waals surface area (Å²) in [5.74, 6) is 0. The van der Waals surface area contributed by atoms with Gasteiger partial charge in [0.2, 0.25) is 0 Å². The van der Waals surface area contributed by atoms with Gasteiger partial charge in [0.1, 0.15) is 0 Å². The summed E-state index contributed by atoms with van der Waals surface area (Å²) >= 11 is 0. The second-order valence-electron chi connectivity index (χ2n) is 20.1. The molecule has 0 radical (unpaired) electrons. The third-order valence-corrected chi connectivity index (χ3v) is 46.7. The third kappa shape index (κ3) is 25.8. The van der Waals surface area contributed by atoms with Crippen molar-refractivity contribution in [3.8, 4) is 0 Å². The van der Waals surface area contributed by atoms with Gasteiger partial charge in [0.25, 0.3) is 9.28 Å². The zero-order chi connectivity index (χ0) is 39.6. The quantitative estimate of drug-likeness (QED) is 0.0924. The van der Waals surface area contributed by atoms with Crippen molar-refractivity contribution in [1.29, 1.82) is 0 Å². The van der Waals surface area contributed by atoms with Crippen LogP contribution in [0.15, 0.2) is 0 Å².